The Bertz CT molecular complexity index is 617. The van der Waals surface area contributed by atoms with Crippen molar-refractivity contribution in [2.45, 2.75) is 0 Å². The molecule has 0 fully saturated rings. The minimum absolute atomic E-state index is 0.0430. The molecule has 1 aromatic carbocycles. The summed E-state index contributed by atoms with van der Waals surface area (Å²) in [6.07, 6.45) is 1.40. The third-order valence-corrected chi connectivity index (χ3v) is 2.16. The average molecular weight is 213 g/mol. The number of nitrogens with one attached hydrogen (secondary N) is 1. The van der Waals surface area contributed by atoms with Crippen LogP contribution in [0.5, 0.6) is 0 Å². The van der Waals surface area contributed by atoms with E-state index in [1.807, 2.05) is 13.1 Å². The molecule has 0 spiro atoms. The topological polar surface area (TPSA) is 42.2 Å². The van der Waals surface area contributed by atoms with Gasteiger partial charge in [-0.1, -0.05) is 11.8 Å². The van der Waals surface area contributed by atoms with Gasteiger partial charge >= 0.3 is 0 Å². The molecule has 0 saturated heterocycles. The second-order valence-corrected chi connectivity index (χ2v) is 3.33. The summed E-state index contributed by atoms with van der Waals surface area (Å²) in [5, 5.41) is 3.50. The molecule has 0 unspecified atom stereocenters. The molecule has 0 saturated carbocycles. The van der Waals surface area contributed by atoms with Crippen LogP contribution in [0.3, 0.4) is 0 Å². The van der Waals surface area contributed by atoms with Crippen LogP contribution in [-0.4, -0.2) is 13.6 Å². The molecule has 3 heteroatoms. The first kappa shape index (κ1) is 10.5. The highest BCUT2D eigenvalue weighted by molar-refractivity contribution is 5.77. The van der Waals surface area contributed by atoms with Crippen molar-refractivity contribution in [3.63, 3.8) is 0 Å². The lowest BCUT2D eigenvalue weighted by molar-refractivity contribution is 0.602. The van der Waals surface area contributed by atoms with Crippen LogP contribution in [0.4, 0.5) is 0 Å². The zero-order valence-electron chi connectivity index (χ0n) is 8.91. The zero-order chi connectivity index (χ0) is 11.4. The maximum atomic E-state index is 11.5. The zero-order valence-corrected chi connectivity index (χ0v) is 8.91. The molecule has 1 N–H and O–H groups in total. The van der Waals surface area contributed by atoms with E-state index in [1.54, 1.807) is 12.1 Å². The predicted molar refractivity (Wildman–Crippen MR) is 63.3 cm³/mol. The van der Waals surface area contributed by atoms with Crippen LogP contribution in [0.2, 0.25) is 0 Å². The van der Waals surface area contributed by atoms with Gasteiger partial charge in [0, 0.05) is 11.6 Å². The van der Waals surface area contributed by atoms with Gasteiger partial charge in [0.1, 0.15) is 5.58 Å². The minimum Gasteiger partial charge on any atom is -0.464 e. The normalized spacial score (nSPS) is 9.81. The summed E-state index contributed by atoms with van der Waals surface area (Å²) in [7, 11) is 1.84. The van der Waals surface area contributed by atoms with Gasteiger partial charge in [0.25, 0.3) is 0 Å². The summed E-state index contributed by atoms with van der Waals surface area (Å²) in [5.74, 6) is 5.91. The summed E-state index contributed by atoms with van der Waals surface area (Å²) in [5.41, 5.74) is 1.37. The predicted octanol–water partition coefficient (Wildman–Crippen LogP) is 1.36. The molecule has 0 radical (unpaired) electrons. The monoisotopic (exact) mass is 213 g/mol. The second-order valence-electron chi connectivity index (χ2n) is 3.33. The molecular formula is C13H11NO2. The number of benzene rings is 1. The van der Waals surface area contributed by atoms with Crippen molar-refractivity contribution in [3.05, 3.63) is 46.3 Å². The van der Waals surface area contributed by atoms with Gasteiger partial charge in [0.2, 0.25) is 0 Å². The number of hydrogen-bond acceptors (Lipinski definition) is 3. The Morgan fingerprint density at radius 1 is 1.38 bits per heavy atom. The molecule has 16 heavy (non-hydrogen) atoms. The molecule has 0 aliphatic rings. The van der Waals surface area contributed by atoms with Crippen molar-refractivity contribution < 1.29 is 4.42 Å². The average Bonchev–Trinajstić information content (AvgIpc) is 2.30. The maximum absolute atomic E-state index is 11.5. The van der Waals surface area contributed by atoms with Crippen molar-refractivity contribution in [1.82, 2.24) is 5.32 Å². The summed E-state index contributed by atoms with van der Waals surface area (Å²) < 4.78 is 5.21. The van der Waals surface area contributed by atoms with Crippen LogP contribution in [0.25, 0.3) is 11.0 Å². The van der Waals surface area contributed by atoms with E-state index in [0.717, 1.165) is 5.56 Å². The second kappa shape index (κ2) is 4.65. The molecule has 80 valence electrons. The van der Waals surface area contributed by atoms with E-state index >= 15 is 0 Å². The molecule has 0 bridgehead atoms. The summed E-state index contributed by atoms with van der Waals surface area (Å²) in [4.78, 5) is 11.5. The fraction of sp³-hybridized carbons (Fsp3) is 0.154. The van der Waals surface area contributed by atoms with Gasteiger partial charge in [-0.15, -0.1) is 0 Å². The van der Waals surface area contributed by atoms with E-state index in [4.69, 9.17) is 4.42 Å². The van der Waals surface area contributed by atoms with Gasteiger partial charge in [-0.2, -0.15) is 0 Å². The molecule has 3 nitrogen and oxygen atoms in total. The van der Waals surface area contributed by atoms with Crippen LogP contribution in [-0.2, 0) is 0 Å². The van der Waals surface area contributed by atoms with Crippen LogP contribution in [0, 0.1) is 11.8 Å². The third kappa shape index (κ3) is 2.13. The SMILES string of the molecule is CNCC#Cc1ccc2occc(=O)c2c1. The van der Waals surface area contributed by atoms with Crippen LogP contribution >= 0.6 is 0 Å². The Morgan fingerprint density at radius 3 is 3.06 bits per heavy atom. The van der Waals surface area contributed by atoms with Crippen molar-refractivity contribution in [2.75, 3.05) is 13.6 Å². The van der Waals surface area contributed by atoms with Crippen LogP contribution in [0.1, 0.15) is 5.56 Å². The fourth-order valence-corrected chi connectivity index (χ4v) is 1.40. The van der Waals surface area contributed by atoms with Crippen molar-refractivity contribution in [3.8, 4) is 11.8 Å². The maximum Gasteiger partial charge on any atom is 0.192 e. The lowest BCUT2D eigenvalue weighted by Gasteiger charge is -1.95. The molecule has 0 amide bonds. The van der Waals surface area contributed by atoms with Gasteiger partial charge in [-0.25, -0.2) is 0 Å². The molecule has 1 heterocycles. The van der Waals surface area contributed by atoms with Crippen LogP contribution < -0.4 is 10.7 Å². The highest BCUT2D eigenvalue weighted by Crippen LogP contribution is 2.11. The van der Waals surface area contributed by atoms with E-state index < -0.39 is 0 Å². The van der Waals surface area contributed by atoms with E-state index in [9.17, 15) is 4.79 Å². The van der Waals surface area contributed by atoms with Gasteiger partial charge in [0.15, 0.2) is 5.43 Å². The highest BCUT2D eigenvalue weighted by Gasteiger charge is 1.99. The summed E-state index contributed by atoms with van der Waals surface area (Å²) in [6, 6.07) is 6.77. The van der Waals surface area contributed by atoms with Gasteiger partial charge in [0.05, 0.1) is 18.2 Å². The van der Waals surface area contributed by atoms with Crippen molar-refractivity contribution in [1.29, 1.82) is 0 Å². The van der Waals surface area contributed by atoms with Crippen molar-refractivity contribution in [2.24, 2.45) is 0 Å². The molecular weight excluding hydrogens is 202 g/mol. The smallest absolute Gasteiger partial charge is 0.192 e. The number of rotatable bonds is 1. The van der Waals surface area contributed by atoms with Crippen LogP contribution in [0.15, 0.2) is 39.7 Å². The van der Waals surface area contributed by atoms with E-state index in [-0.39, 0.29) is 5.43 Å². The third-order valence-electron chi connectivity index (χ3n) is 2.16. The Labute approximate surface area is 93.1 Å². The van der Waals surface area contributed by atoms with E-state index in [2.05, 4.69) is 17.2 Å². The fourth-order valence-electron chi connectivity index (χ4n) is 1.40. The Morgan fingerprint density at radius 2 is 2.25 bits per heavy atom. The molecule has 2 aromatic rings. The van der Waals surface area contributed by atoms with E-state index in [1.165, 1.54) is 12.3 Å². The first-order chi connectivity index (χ1) is 7.81. The van der Waals surface area contributed by atoms with Crippen molar-refractivity contribution >= 4 is 11.0 Å². The first-order valence-corrected chi connectivity index (χ1v) is 4.96. The largest absolute Gasteiger partial charge is 0.464 e. The highest BCUT2D eigenvalue weighted by atomic mass is 16.3. The molecule has 1 aromatic heterocycles. The van der Waals surface area contributed by atoms with Gasteiger partial charge in [-0.05, 0) is 25.2 Å². The summed E-state index contributed by atoms with van der Waals surface area (Å²) >= 11 is 0. The summed E-state index contributed by atoms with van der Waals surface area (Å²) in [6.45, 7) is 0.626. The number of hydrogen-bond donors (Lipinski definition) is 1. The standard InChI is InChI=1S/C13H11NO2/c1-14-7-2-3-10-4-5-13-11(9-10)12(15)6-8-16-13/h4-6,8-9,14H,7H2,1H3. The lowest BCUT2D eigenvalue weighted by Crippen LogP contribution is -2.04. The molecule has 0 aliphatic heterocycles. The Balaban J connectivity index is 2.49. The Hall–Kier alpha value is -2.05. The quantitative estimate of drug-likeness (QED) is 0.727. The Kier molecular flexibility index (Phi) is 3.04. The lowest BCUT2D eigenvalue weighted by atomic mass is 10.1. The minimum atomic E-state index is -0.0430. The van der Waals surface area contributed by atoms with Gasteiger partial charge in [-0.3, -0.25) is 4.79 Å². The van der Waals surface area contributed by atoms with Gasteiger partial charge < -0.3 is 9.73 Å². The molecule has 2 rings (SSSR count). The number of fused-ring (bicyclic) bond motifs is 1. The molecule has 0 atom stereocenters. The molecule has 0 aliphatic carbocycles. The first-order valence-electron chi connectivity index (χ1n) is 4.96. The van der Waals surface area contributed by atoms with E-state index in [0.29, 0.717) is 17.5 Å².